The van der Waals surface area contributed by atoms with Crippen LogP contribution in [-0.4, -0.2) is 81.6 Å². The number of hydrogen-bond acceptors (Lipinski definition) is 8. The summed E-state index contributed by atoms with van der Waals surface area (Å²) in [6, 6.07) is 0. The van der Waals surface area contributed by atoms with E-state index >= 15 is 0 Å². The average Bonchev–Trinajstić information content (AvgIpc) is 3.85. The fraction of sp³-hybridized carbons (Fsp3) is 1.00. The minimum Gasteiger partial charge on any atom is -0.286 e. The molecule has 0 radical (unpaired) electrons. The molecule has 9 fully saturated rings. The smallest absolute Gasteiger partial charge is 0.0628 e. The second-order valence-electron chi connectivity index (χ2n) is 25.7. The Morgan fingerprint density at radius 2 is 0.429 bits per heavy atom. The first-order valence-corrected chi connectivity index (χ1v) is 38.7. The van der Waals surface area contributed by atoms with Gasteiger partial charge >= 0.3 is 0 Å². The second kappa shape index (κ2) is 15.1. The molecule has 0 aromatic carbocycles. The van der Waals surface area contributed by atoms with Crippen LogP contribution in [0.15, 0.2) is 0 Å². The number of nitrogens with one attached hydrogen (secondary N) is 8. The average molecular weight is 842 g/mol. The molecule has 8 N–H and O–H groups in total. The van der Waals surface area contributed by atoms with Crippen molar-refractivity contribution in [2.75, 3.05) is 0 Å². The summed E-state index contributed by atoms with van der Waals surface area (Å²) in [5.41, 5.74) is 3.44. The third kappa shape index (κ3) is 7.49. The lowest BCUT2D eigenvalue weighted by Crippen LogP contribution is -2.62. The van der Waals surface area contributed by atoms with Crippen molar-refractivity contribution in [2.24, 2.45) is 47.3 Å². The van der Waals surface area contributed by atoms with Gasteiger partial charge in [0.1, 0.15) is 0 Å². The van der Waals surface area contributed by atoms with Crippen LogP contribution in [0.25, 0.3) is 0 Å². The predicted molar refractivity (Wildman–Crippen MR) is 247 cm³/mol. The van der Waals surface area contributed by atoms with Crippen LogP contribution in [0.5, 0.6) is 0 Å². The van der Waals surface area contributed by atoms with Gasteiger partial charge in [-0.2, -0.15) is 0 Å². The molecule has 0 aromatic rings. The third-order valence-electron chi connectivity index (χ3n) is 18.6. The van der Waals surface area contributed by atoms with Gasteiger partial charge in [0, 0.05) is 32.3 Å². The van der Waals surface area contributed by atoms with E-state index in [9.17, 15) is 0 Å². The molecule has 9 rings (SSSR count). The van der Waals surface area contributed by atoms with Crippen molar-refractivity contribution in [3.05, 3.63) is 0 Å². The van der Waals surface area contributed by atoms with Gasteiger partial charge in [-0.1, -0.05) is 130 Å². The summed E-state index contributed by atoms with van der Waals surface area (Å²) in [6.07, 6.45) is 19.8. The van der Waals surface area contributed by atoms with Crippen molar-refractivity contribution < 1.29 is 0 Å². The van der Waals surface area contributed by atoms with E-state index in [0.29, 0.717) is 96.7 Å². The number of fused-ring (bicyclic) bond motifs is 20. The van der Waals surface area contributed by atoms with Gasteiger partial charge in [-0.05, 0) is 95.2 Å². The van der Waals surface area contributed by atoms with E-state index in [2.05, 4.69) is 121 Å². The third-order valence-corrected chi connectivity index (χ3v) is 30.2. The monoisotopic (exact) mass is 841 g/mol. The number of hydrogen-bond donors (Lipinski definition) is 8. The highest BCUT2D eigenvalue weighted by atomic mass is 28.3. The Kier molecular flexibility index (Phi) is 11.3. The Labute approximate surface area is 347 Å². The van der Waals surface area contributed by atoms with E-state index in [0.717, 1.165) is 22.2 Å². The molecule has 8 bridgehead atoms. The van der Waals surface area contributed by atoms with E-state index in [1.54, 1.807) is 0 Å². The van der Waals surface area contributed by atoms with Gasteiger partial charge in [-0.15, -0.1) is 0 Å². The summed E-state index contributed by atoms with van der Waals surface area (Å²) in [5.74, 6) is 5.60. The van der Waals surface area contributed by atoms with Crippen LogP contribution in [0.2, 0.25) is 101 Å². The van der Waals surface area contributed by atoms with E-state index in [-0.39, 0.29) is 0 Å². The highest BCUT2D eigenvalue weighted by molar-refractivity contribution is 6.78. The molecule has 5 heterocycles. The molecule has 12 unspecified atom stereocenters. The van der Waals surface area contributed by atoms with Crippen LogP contribution in [0, 0.1) is 47.3 Å². The Morgan fingerprint density at radius 1 is 0.250 bits per heavy atom. The first-order valence-electron chi connectivity index (χ1n) is 24.4. The van der Waals surface area contributed by atoms with Crippen molar-refractivity contribution in [3.8, 4) is 0 Å². The van der Waals surface area contributed by atoms with E-state index in [4.69, 9.17) is 0 Å². The van der Waals surface area contributed by atoms with E-state index in [1.165, 1.54) is 77.0 Å². The van der Waals surface area contributed by atoms with Crippen molar-refractivity contribution in [1.29, 1.82) is 0 Å². The minimum absolute atomic E-state index is 0.367. The maximum Gasteiger partial charge on any atom is 0.0628 e. The van der Waals surface area contributed by atoms with E-state index in [1.807, 2.05) is 0 Å². The molecule has 320 valence electrons. The molecule has 8 nitrogen and oxygen atoms in total. The summed E-state index contributed by atoms with van der Waals surface area (Å²) >= 11 is 0. The fourth-order valence-corrected chi connectivity index (χ4v) is 27.0. The van der Waals surface area contributed by atoms with Crippen LogP contribution >= 0.6 is 0 Å². The molecule has 4 saturated carbocycles. The zero-order valence-electron chi connectivity index (χ0n) is 38.0. The summed E-state index contributed by atoms with van der Waals surface area (Å²) in [6.45, 7) is 32.2. The molecule has 5 saturated heterocycles. The summed E-state index contributed by atoms with van der Waals surface area (Å²) in [5, 5.41) is 36.0. The molecule has 9 aliphatic rings. The lowest BCUT2D eigenvalue weighted by Gasteiger charge is -2.46. The van der Waals surface area contributed by atoms with Gasteiger partial charge < -0.3 is 0 Å². The lowest BCUT2D eigenvalue weighted by atomic mass is 9.75. The largest absolute Gasteiger partial charge is 0.286 e. The lowest BCUT2D eigenvalue weighted by molar-refractivity contribution is 0.164. The van der Waals surface area contributed by atoms with Gasteiger partial charge in [0.2, 0.25) is 0 Å². The van der Waals surface area contributed by atoms with Gasteiger partial charge in [-0.3, -0.25) is 42.5 Å². The summed E-state index contributed by atoms with van der Waals surface area (Å²) in [4.78, 5) is 0. The molecule has 4 aliphatic carbocycles. The molecule has 0 aromatic heterocycles. The molecular formula is C44H88N8Si4. The van der Waals surface area contributed by atoms with Crippen molar-refractivity contribution in [2.45, 2.75) is 227 Å². The molecule has 56 heavy (non-hydrogen) atoms. The highest BCUT2D eigenvalue weighted by Crippen LogP contribution is 2.56. The molecular weight excluding hydrogens is 753 g/mol. The highest BCUT2D eigenvalue weighted by Gasteiger charge is 2.60. The van der Waals surface area contributed by atoms with Crippen molar-refractivity contribution in [3.63, 3.8) is 0 Å². The zero-order valence-corrected chi connectivity index (χ0v) is 42.0. The molecule has 0 amide bonds. The first-order chi connectivity index (χ1) is 26.3. The molecule has 0 spiro atoms. The maximum absolute atomic E-state index is 4.54. The Morgan fingerprint density at radius 3 is 0.589 bits per heavy atom. The van der Waals surface area contributed by atoms with Gasteiger partial charge in [0.05, 0.1) is 49.3 Å². The van der Waals surface area contributed by atoms with Crippen LogP contribution < -0.4 is 42.5 Å². The first kappa shape index (κ1) is 41.9. The minimum atomic E-state index is -1.39. The van der Waals surface area contributed by atoms with E-state index < -0.39 is 32.3 Å². The molecule has 12 heteroatoms. The van der Waals surface area contributed by atoms with Crippen LogP contribution in [-0.2, 0) is 0 Å². The van der Waals surface area contributed by atoms with Gasteiger partial charge in [0.15, 0.2) is 0 Å². The standard InChI is InChI=1S/C44H88N8Si4/c1-53(2,3)29-21-13-17-25-33(29)41-45-37(25)50-42-35-27(19-15-23-31(35)55(7,8)9)39(47-42)52-44-36-28(20-16-24-32(36)56(10,11)12)40(48-44)51-43-34-26(38(46-43)49-41)18-14-22-30(34)54(4,5)6/h25-52H,13-24H2,1-12H3. The van der Waals surface area contributed by atoms with Crippen LogP contribution in [0.3, 0.4) is 0 Å². The van der Waals surface area contributed by atoms with Crippen LogP contribution in [0.4, 0.5) is 0 Å². The Balaban J connectivity index is 1.13. The topological polar surface area (TPSA) is 96.2 Å². The quantitative estimate of drug-likeness (QED) is 0.136. The van der Waals surface area contributed by atoms with Gasteiger partial charge in [0.25, 0.3) is 0 Å². The normalized spacial score (nSPS) is 51.2. The van der Waals surface area contributed by atoms with Gasteiger partial charge in [-0.25, -0.2) is 0 Å². The summed E-state index contributed by atoms with van der Waals surface area (Å²) < 4.78 is 0. The Bertz CT molecular complexity index is 1200. The maximum atomic E-state index is 4.54. The fourth-order valence-electron chi connectivity index (χ4n) is 16.4. The predicted octanol–water partition coefficient (Wildman–Crippen LogP) is 7.88. The molecule has 5 aliphatic heterocycles. The van der Waals surface area contributed by atoms with Crippen molar-refractivity contribution in [1.82, 2.24) is 42.5 Å². The Hall–Kier alpha value is 0.548. The molecule has 12 atom stereocenters. The zero-order chi connectivity index (χ0) is 39.7. The second-order valence-corrected chi connectivity index (χ2v) is 47.6. The van der Waals surface area contributed by atoms with Crippen LogP contribution in [0.1, 0.15) is 77.0 Å². The van der Waals surface area contributed by atoms with Crippen molar-refractivity contribution >= 4 is 32.3 Å². The number of rotatable bonds is 4. The summed E-state index contributed by atoms with van der Waals surface area (Å²) in [7, 11) is -5.55. The SMILES string of the molecule is C[Si](C)(C)C1CCCC2C3NC(NC4NC(NC5NC(NC6NC(N3)C3C6CCCC3[Si](C)(C)C)C3C5CCCC3[Si](C)(C)C)C3C4CCCC3[Si](C)(C)C)C21.